The Hall–Kier alpha value is -2.50. The van der Waals surface area contributed by atoms with Crippen LogP contribution in [0.5, 0.6) is 5.75 Å². The predicted octanol–water partition coefficient (Wildman–Crippen LogP) is 3.21. The summed E-state index contributed by atoms with van der Waals surface area (Å²) >= 11 is 0. The second-order valence-corrected chi connectivity index (χ2v) is 6.65. The predicted molar refractivity (Wildman–Crippen MR) is 96.3 cm³/mol. The van der Waals surface area contributed by atoms with Crippen molar-refractivity contribution in [1.82, 2.24) is 10.3 Å². The van der Waals surface area contributed by atoms with Gasteiger partial charge in [-0.2, -0.15) is 0 Å². The minimum Gasteiger partial charge on any atom is -0.495 e. The van der Waals surface area contributed by atoms with Crippen molar-refractivity contribution in [2.24, 2.45) is 0 Å². The van der Waals surface area contributed by atoms with E-state index >= 15 is 0 Å². The number of benzene rings is 1. The molecule has 1 unspecified atom stereocenters. The molecule has 6 heteroatoms. The zero-order valence-corrected chi connectivity index (χ0v) is 15.0. The van der Waals surface area contributed by atoms with E-state index in [1.807, 2.05) is 32.0 Å². The lowest BCUT2D eigenvalue weighted by Gasteiger charge is -2.35. The van der Waals surface area contributed by atoms with Crippen molar-refractivity contribution >= 4 is 11.6 Å². The maximum atomic E-state index is 12.6. The Morgan fingerprint density at radius 2 is 2.20 bits per heavy atom. The minimum atomic E-state index is -0.163. The van der Waals surface area contributed by atoms with Gasteiger partial charge in [0, 0.05) is 25.0 Å². The normalized spacial score (nSPS) is 17.6. The van der Waals surface area contributed by atoms with Crippen molar-refractivity contribution in [1.29, 1.82) is 0 Å². The van der Waals surface area contributed by atoms with Crippen molar-refractivity contribution in [2.45, 2.75) is 38.6 Å². The van der Waals surface area contributed by atoms with E-state index in [1.165, 1.54) is 6.39 Å². The Balaban J connectivity index is 1.69. The maximum Gasteiger partial charge on any atom is 0.273 e. The van der Waals surface area contributed by atoms with Crippen molar-refractivity contribution < 1.29 is 13.9 Å². The van der Waals surface area contributed by atoms with Crippen LogP contribution < -0.4 is 15.0 Å². The van der Waals surface area contributed by atoms with Gasteiger partial charge in [-0.1, -0.05) is 26.0 Å². The van der Waals surface area contributed by atoms with Crippen LogP contribution in [0.15, 0.2) is 35.1 Å². The van der Waals surface area contributed by atoms with Crippen molar-refractivity contribution in [3.63, 3.8) is 0 Å². The number of oxazole rings is 1. The SMILES string of the molecule is COc1ccccc1N1CCCC(NC(=O)c2ncoc2C(C)C)C1. The molecule has 0 bridgehead atoms. The lowest BCUT2D eigenvalue weighted by atomic mass is 10.0. The summed E-state index contributed by atoms with van der Waals surface area (Å²) in [4.78, 5) is 18.9. The molecule has 1 aliphatic rings. The van der Waals surface area contributed by atoms with Crippen LogP contribution in [0.2, 0.25) is 0 Å². The highest BCUT2D eigenvalue weighted by atomic mass is 16.5. The molecule has 1 saturated heterocycles. The van der Waals surface area contributed by atoms with Crippen LogP contribution in [0.1, 0.15) is 48.9 Å². The quantitative estimate of drug-likeness (QED) is 0.903. The van der Waals surface area contributed by atoms with Gasteiger partial charge < -0.3 is 19.4 Å². The Morgan fingerprint density at radius 1 is 1.40 bits per heavy atom. The van der Waals surface area contributed by atoms with Crippen LogP contribution in [0.25, 0.3) is 0 Å². The fraction of sp³-hybridized carbons (Fsp3) is 0.474. The molecule has 2 aromatic rings. The van der Waals surface area contributed by atoms with E-state index in [2.05, 4.69) is 21.3 Å². The fourth-order valence-electron chi connectivity index (χ4n) is 3.29. The number of hydrogen-bond acceptors (Lipinski definition) is 5. The number of aromatic nitrogens is 1. The first-order valence-corrected chi connectivity index (χ1v) is 8.72. The highest BCUT2D eigenvalue weighted by Gasteiger charge is 2.26. The summed E-state index contributed by atoms with van der Waals surface area (Å²) < 4.78 is 10.8. The molecule has 6 nitrogen and oxygen atoms in total. The third-order valence-corrected chi connectivity index (χ3v) is 4.52. The van der Waals surface area contributed by atoms with Crippen LogP contribution >= 0.6 is 0 Å². The average molecular weight is 343 g/mol. The molecule has 134 valence electrons. The Morgan fingerprint density at radius 3 is 2.96 bits per heavy atom. The third-order valence-electron chi connectivity index (χ3n) is 4.52. The number of carbonyl (C=O) groups is 1. The van der Waals surface area contributed by atoms with E-state index in [9.17, 15) is 4.79 Å². The molecule has 1 aliphatic heterocycles. The second-order valence-electron chi connectivity index (χ2n) is 6.65. The molecule has 0 aliphatic carbocycles. The van der Waals surface area contributed by atoms with Crippen LogP contribution in [0.3, 0.4) is 0 Å². The number of amides is 1. The Labute approximate surface area is 148 Å². The molecule has 25 heavy (non-hydrogen) atoms. The Kier molecular flexibility index (Phi) is 5.26. The van der Waals surface area contributed by atoms with Crippen LogP contribution in [-0.4, -0.2) is 37.1 Å². The Bertz CT molecular complexity index is 726. The van der Waals surface area contributed by atoms with Crippen LogP contribution in [0.4, 0.5) is 5.69 Å². The van der Waals surface area contributed by atoms with Crippen molar-refractivity contribution in [2.75, 3.05) is 25.1 Å². The molecule has 0 spiro atoms. The van der Waals surface area contributed by atoms with Crippen molar-refractivity contribution in [3.8, 4) is 5.75 Å². The topological polar surface area (TPSA) is 67.6 Å². The van der Waals surface area contributed by atoms with Crippen LogP contribution in [-0.2, 0) is 0 Å². The van der Waals surface area contributed by atoms with E-state index in [0.29, 0.717) is 11.5 Å². The minimum absolute atomic E-state index is 0.0721. The summed E-state index contributed by atoms with van der Waals surface area (Å²) in [7, 11) is 1.68. The molecule has 1 fully saturated rings. The summed E-state index contributed by atoms with van der Waals surface area (Å²) in [5.74, 6) is 1.45. The van der Waals surface area contributed by atoms with Gasteiger partial charge in [-0.25, -0.2) is 4.98 Å². The van der Waals surface area contributed by atoms with E-state index in [-0.39, 0.29) is 17.9 Å². The van der Waals surface area contributed by atoms with Gasteiger partial charge in [0.2, 0.25) is 0 Å². The van der Waals surface area contributed by atoms with Crippen LogP contribution in [0, 0.1) is 0 Å². The van der Waals surface area contributed by atoms with E-state index in [0.717, 1.165) is 37.4 Å². The standard InChI is InChI=1S/C19H25N3O3/c1-13(2)18-17(20-12-25-18)19(23)21-14-7-6-10-22(11-14)15-8-4-5-9-16(15)24-3/h4-5,8-9,12-14H,6-7,10-11H2,1-3H3,(H,21,23). The number of piperidine rings is 1. The molecule has 2 heterocycles. The molecular formula is C19H25N3O3. The van der Waals surface area contributed by atoms with Gasteiger partial charge in [-0.3, -0.25) is 4.79 Å². The number of para-hydroxylation sites is 2. The largest absolute Gasteiger partial charge is 0.495 e. The second kappa shape index (κ2) is 7.59. The average Bonchev–Trinajstić information content (AvgIpc) is 3.12. The number of nitrogens with zero attached hydrogens (tertiary/aromatic N) is 2. The zero-order valence-electron chi connectivity index (χ0n) is 15.0. The number of carbonyl (C=O) groups excluding carboxylic acids is 1. The lowest BCUT2D eigenvalue weighted by Crippen LogP contribution is -2.48. The summed E-state index contributed by atoms with van der Waals surface area (Å²) in [6, 6.07) is 8.05. The highest BCUT2D eigenvalue weighted by Crippen LogP contribution is 2.30. The molecule has 1 aromatic carbocycles. The first kappa shape index (κ1) is 17.3. The highest BCUT2D eigenvalue weighted by molar-refractivity contribution is 5.93. The molecule has 3 rings (SSSR count). The third kappa shape index (κ3) is 3.78. The summed E-state index contributed by atoms with van der Waals surface area (Å²) in [5, 5.41) is 3.11. The van der Waals surface area contributed by atoms with Gasteiger partial charge >= 0.3 is 0 Å². The van der Waals surface area contributed by atoms with Gasteiger partial charge in [0.05, 0.1) is 12.8 Å². The van der Waals surface area contributed by atoms with Gasteiger partial charge in [0.15, 0.2) is 12.1 Å². The molecular weight excluding hydrogens is 318 g/mol. The molecule has 0 saturated carbocycles. The summed E-state index contributed by atoms with van der Waals surface area (Å²) in [6.45, 7) is 5.68. The number of rotatable bonds is 5. The smallest absolute Gasteiger partial charge is 0.273 e. The van der Waals surface area contributed by atoms with Gasteiger partial charge in [0.1, 0.15) is 11.5 Å². The molecule has 0 radical (unpaired) electrons. The van der Waals surface area contributed by atoms with E-state index in [1.54, 1.807) is 7.11 Å². The summed E-state index contributed by atoms with van der Waals surface area (Å²) in [6.07, 6.45) is 3.30. The number of nitrogens with one attached hydrogen (secondary N) is 1. The molecule has 1 atom stereocenters. The van der Waals surface area contributed by atoms with E-state index < -0.39 is 0 Å². The van der Waals surface area contributed by atoms with Crippen molar-refractivity contribution in [3.05, 3.63) is 42.1 Å². The van der Waals surface area contributed by atoms with Gasteiger partial charge in [0.25, 0.3) is 5.91 Å². The first-order valence-electron chi connectivity index (χ1n) is 8.72. The molecule has 1 amide bonds. The maximum absolute atomic E-state index is 12.6. The molecule has 1 N–H and O–H groups in total. The number of ether oxygens (including phenoxy) is 1. The first-order chi connectivity index (χ1) is 12.1. The van der Waals surface area contributed by atoms with Gasteiger partial charge in [-0.15, -0.1) is 0 Å². The number of anilines is 1. The van der Waals surface area contributed by atoms with E-state index in [4.69, 9.17) is 9.15 Å². The van der Waals surface area contributed by atoms with Gasteiger partial charge in [-0.05, 0) is 25.0 Å². The zero-order chi connectivity index (χ0) is 17.8. The fourth-order valence-corrected chi connectivity index (χ4v) is 3.29. The number of hydrogen-bond donors (Lipinski definition) is 1. The lowest BCUT2D eigenvalue weighted by molar-refractivity contribution is 0.0926. The monoisotopic (exact) mass is 343 g/mol. The summed E-state index contributed by atoms with van der Waals surface area (Å²) in [5.41, 5.74) is 1.46. The molecule has 1 aromatic heterocycles. The number of methoxy groups -OCH3 is 1.